The van der Waals surface area contributed by atoms with Crippen molar-refractivity contribution in [3.8, 4) is 30.9 Å². The fourth-order valence-electron chi connectivity index (χ4n) is 3.69. The Balaban J connectivity index is 1.34. The summed E-state index contributed by atoms with van der Waals surface area (Å²) in [4.78, 5) is 37.1. The van der Waals surface area contributed by atoms with Crippen LogP contribution in [0.1, 0.15) is 10.4 Å². The number of amides is 1. The number of fused-ring (bicyclic) bond motifs is 1. The number of nitro groups is 1. The molecular weight excluding hydrogens is 533 g/mol. The maximum atomic E-state index is 13.4. The molecular formula is C25H14N4O3S4. The average molecular weight is 547 g/mol. The number of rotatable bonds is 6. The molecule has 11 heteroatoms. The lowest BCUT2D eigenvalue weighted by molar-refractivity contribution is -0.380. The molecule has 36 heavy (non-hydrogen) atoms. The molecule has 0 radical (unpaired) electrons. The number of pyridine rings is 1. The van der Waals surface area contributed by atoms with Crippen LogP contribution in [0.25, 0.3) is 41.8 Å². The number of nitrogens with zero attached hydrogens (tertiary/aromatic N) is 3. The van der Waals surface area contributed by atoms with Gasteiger partial charge in [0.15, 0.2) is 5.13 Å². The second-order valence-electron chi connectivity index (χ2n) is 7.60. The van der Waals surface area contributed by atoms with Gasteiger partial charge in [0.2, 0.25) is 0 Å². The van der Waals surface area contributed by atoms with Gasteiger partial charge in [-0.05, 0) is 41.8 Å². The first kappa shape index (κ1) is 22.7. The van der Waals surface area contributed by atoms with Gasteiger partial charge >= 0.3 is 5.00 Å². The SMILES string of the molecule is O=C(Nc1nc(-c2cccs2)cs1)c1cc(-c2ccc(-c3ccc([N+](=O)[O-])s3)s2)nc2ccccc12. The molecule has 0 aliphatic carbocycles. The molecule has 0 atom stereocenters. The van der Waals surface area contributed by atoms with Crippen LogP contribution in [0.5, 0.6) is 0 Å². The van der Waals surface area contributed by atoms with Crippen molar-refractivity contribution in [1.29, 1.82) is 0 Å². The van der Waals surface area contributed by atoms with Crippen LogP contribution in [0.15, 0.2) is 77.5 Å². The number of anilines is 1. The van der Waals surface area contributed by atoms with Crippen molar-refractivity contribution in [3.05, 3.63) is 93.2 Å². The zero-order valence-electron chi connectivity index (χ0n) is 18.2. The second-order valence-corrected chi connectivity index (χ2v) is 11.6. The van der Waals surface area contributed by atoms with Crippen LogP contribution in [0, 0.1) is 10.1 Å². The van der Waals surface area contributed by atoms with Gasteiger partial charge in [-0.2, -0.15) is 0 Å². The third-order valence-corrected chi connectivity index (χ3v) is 9.32. The molecule has 6 aromatic rings. The molecule has 1 N–H and O–H groups in total. The number of hydrogen-bond donors (Lipinski definition) is 1. The number of aromatic nitrogens is 2. The van der Waals surface area contributed by atoms with Gasteiger partial charge in [0.05, 0.1) is 42.0 Å². The summed E-state index contributed by atoms with van der Waals surface area (Å²) in [5.41, 5.74) is 2.72. The second kappa shape index (κ2) is 9.36. The predicted octanol–water partition coefficient (Wildman–Crippen LogP) is 8.04. The smallest absolute Gasteiger partial charge is 0.298 e. The topological polar surface area (TPSA) is 98.0 Å². The number of para-hydroxylation sites is 1. The Hall–Kier alpha value is -3.77. The van der Waals surface area contributed by atoms with Crippen LogP contribution >= 0.6 is 45.3 Å². The monoisotopic (exact) mass is 546 g/mol. The van der Waals surface area contributed by atoms with E-state index in [1.54, 1.807) is 23.5 Å². The molecule has 7 nitrogen and oxygen atoms in total. The Morgan fingerprint density at radius 1 is 0.833 bits per heavy atom. The van der Waals surface area contributed by atoms with Crippen molar-refractivity contribution in [2.75, 3.05) is 5.32 Å². The summed E-state index contributed by atoms with van der Waals surface area (Å²) in [6.45, 7) is 0. The van der Waals surface area contributed by atoms with Crippen LogP contribution in [-0.4, -0.2) is 20.8 Å². The molecule has 176 valence electrons. The van der Waals surface area contributed by atoms with E-state index in [0.717, 1.165) is 41.9 Å². The van der Waals surface area contributed by atoms with Gasteiger partial charge in [-0.1, -0.05) is 35.6 Å². The van der Waals surface area contributed by atoms with Gasteiger partial charge in [-0.15, -0.1) is 34.0 Å². The molecule has 0 aliphatic heterocycles. The summed E-state index contributed by atoms with van der Waals surface area (Å²) in [7, 11) is 0. The normalized spacial score (nSPS) is 11.1. The van der Waals surface area contributed by atoms with E-state index in [4.69, 9.17) is 4.98 Å². The minimum Gasteiger partial charge on any atom is -0.298 e. The van der Waals surface area contributed by atoms with E-state index >= 15 is 0 Å². The van der Waals surface area contributed by atoms with E-state index in [2.05, 4.69) is 10.3 Å². The molecule has 0 aliphatic rings. The fourth-order valence-corrected chi connectivity index (χ4v) is 7.03. The van der Waals surface area contributed by atoms with Crippen molar-refractivity contribution in [1.82, 2.24) is 9.97 Å². The van der Waals surface area contributed by atoms with Crippen LogP contribution in [-0.2, 0) is 0 Å². The minimum atomic E-state index is -0.385. The molecule has 0 spiro atoms. The lowest BCUT2D eigenvalue weighted by atomic mass is 10.1. The zero-order chi connectivity index (χ0) is 24.6. The Morgan fingerprint density at radius 2 is 1.64 bits per heavy atom. The average Bonchev–Trinajstić information content (AvgIpc) is 3.69. The summed E-state index contributed by atoms with van der Waals surface area (Å²) in [6, 6.07) is 20.4. The molecule has 0 unspecified atom stereocenters. The van der Waals surface area contributed by atoms with E-state index in [1.807, 2.05) is 59.3 Å². The highest BCUT2D eigenvalue weighted by atomic mass is 32.1. The summed E-state index contributed by atoms with van der Waals surface area (Å²) >= 11 is 5.61. The summed E-state index contributed by atoms with van der Waals surface area (Å²) in [5, 5.41) is 19.3. The number of benzene rings is 1. The van der Waals surface area contributed by atoms with E-state index in [-0.39, 0.29) is 15.8 Å². The highest BCUT2D eigenvalue weighted by Gasteiger charge is 2.18. The van der Waals surface area contributed by atoms with Crippen molar-refractivity contribution in [2.24, 2.45) is 0 Å². The summed E-state index contributed by atoms with van der Waals surface area (Å²) in [5.74, 6) is -0.257. The Labute approximate surface area is 220 Å². The van der Waals surface area contributed by atoms with Gasteiger partial charge in [-0.3, -0.25) is 20.2 Å². The zero-order valence-corrected chi connectivity index (χ0v) is 21.5. The Morgan fingerprint density at radius 3 is 2.44 bits per heavy atom. The van der Waals surface area contributed by atoms with Crippen LogP contribution in [0.2, 0.25) is 0 Å². The minimum absolute atomic E-state index is 0.104. The van der Waals surface area contributed by atoms with E-state index in [9.17, 15) is 14.9 Å². The maximum absolute atomic E-state index is 13.4. The lowest BCUT2D eigenvalue weighted by Crippen LogP contribution is -2.13. The number of hydrogen-bond acceptors (Lipinski definition) is 9. The molecule has 5 aromatic heterocycles. The molecule has 0 bridgehead atoms. The van der Waals surface area contributed by atoms with E-state index < -0.39 is 0 Å². The van der Waals surface area contributed by atoms with Gasteiger partial charge in [0.1, 0.15) is 0 Å². The molecule has 1 amide bonds. The van der Waals surface area contributed by atoms with Gasteiger partial charge in [0.25, 0.3) is 5.91 Å². The highest BCUT2D eigenvalue weighted by Crippen LogP contribution is 2.40. The number of thiazole rings is 1. The Bertz CT molecular complexity index is 1730. The van der Waals surface area contributed by atoms with Gasteiger partial charge in [0, 0.05) is 21.7 Å². The van der Waals surface area contributed by atoms with Gasteiger partial charge in [-0.25, -0.2) is 9.97 Å². The third kappa shape index (κ3) is 4.33. The van der Waals surface area contributed by atoms with Crippen molar-refractivity contribution < 1.29 is 9.72 Å². The number of carbonyl (C=O) groups excluding carboxylic acids is 1. The quantitative estimate of drug-likeness (QED) is 0.168. The molecule has 0 saturated heterocycles. The number of nitrogens with one attached hydrogen (secondary N) is 1. The summed E-state index contributed by atoms with van der Waals surface area (Å²) in [6.07, 6.45) is 0. The number of carbonyl (C=O) groups is 1. The van der Waals surface area contributed by atoms with Crippen LogP contribution in [0.4, 0.5) is 10.1 Å². The van der Waals surface area contributed by atoms with Crippen LogP contribution < -0.4 is 5.32 Å². The first-order valence-electron chi connectivity index (χ1n) is 10.6. The molecule has 5 heterocycles. The largest absolute Gasteiger partial charge is 0.324 e. The highest BCUT2D eigenvalue weighted by molar-refractivity contribution is 7.25. The maximum Gasteiger partial charge on any atom is 0.324 e. The molecule has 0 saturated carbocycles. The first-order valence-corrected chi connectivity index (χ1v) is 14.0. The standard InChI is InChI=1S/C25H14N4O3S4/c30-24(28-25-27-18(13-34-25)19-6-3-11-33-19)15-12-17(26-16-5-2-1-4-14(15)16)20-7-8-21(35-20)22-9-10-23(36-22)29(31)32/h1-13H,(H,27,28,30). The fraction of sp³-hybridized carbons (Fsp3) is 0. The first-order chi connectivity index (χ1) is 17.5. The van der Waals surface area contributed by atoms with Crippen molar-refractivity contribution >= 4 is 72.3 Å². The van der Waals surface area contributed by atoms with Crippen molar-refractivity contribution in [2.45, 2.75) is 0 Å². The summed E-state index contributed by atoms with van der Waals surface area (Å²) < 4.78 is 0. The lowest BCUT2D eigenvalue weighted by Gasteiger charge is -2.08. The number of thiophene rings is 3. The van der Waals surface area contributed by atoms with Crippen molar-refractivity contribution in [3.63, 3.8) is 0 Å². The third-order valence-electron chi connectivity index (χ3n) is 5.33. The van der Waals surface area contributed by atoms with E-state index in [0.29, 0.717) is 21.9 Å². The van der Waals surface area contributed by atoms with Gasteiger partial charge < -0.3 is 0 Å². The Kier molecular flexibility index (Phi) is 5.89. The predicted molar refractivity (Wildman–Crippen MR) is 148 cm³/mol. The molecule has 6 rings (SSSR count). The van der Waals surface area contributed by atoms with Crippen LogP contribution in [0.3, 0.4) is 0 Å². The molecule has 1 aromatic carbocycles. The van der Waals surface area contributed by atoms with E-state index in [1.165, 1.54) is 28.7 Å². The molecule has 0 fully saturated rings.